The summed E-state index contributed by atoms with van der Waals surface area (Å²) in [6, 6.07) is 11.9. The molecule has 4 nitrogen and oxygen atoms in total. The van der Waals surface area contributed by atoms with Gasteiger partial charge < -0.3 is 9.47 Å². The summed E-state index contributed by atoms with van der Waals surface area (Å²) in [5.41, 5.74) is 3.54. The molecule has 0 aliphatic heterocycles. The van der Waals surface area contributed by atoms with Crippen molar-refractivity contribution in [1.82, 2.24) is 4.98 Å². The van der Waals surface area contributed by atoms with E-state index in [0.717, 1.165) is 22.4 Å². The molecule has 0 unspecified atom stereocenters. The van der Waals surface area contributed by atoms with Crippen molar-refractivity contribution in [1.29, 1.82) is 0 Å². The number of benzene rings is 1. The standard InChI is InChI=1S/C20H23NO3/c1-20(2,3)19-15(11-12-18(22)24-5)16(13-17(21-19)23-4)14-9-7-6-8-10-14/h6-13H,1-5H3/b12-11+. The molecule has 2 rings (SSSR count). The molecule has 0 aliphatic rings. The predicted molar refractivity (Wildman–Crippen MR) is 96.0 cm³/mol. The number of esters is 1. The highest BCUT2D eigenvalue weighted by molar-refractivity contribution is 5.89. The second-order valence-electron chi connectivity index (χ2n) is 6.45. The lowest BCUT2D eigenvalue weighted by Crippen LogP contribution is -2.17. The molecule has 0 atom stereocenters. The normalized spacial score (nSPS) is 11.5. The smallest absolute Gasteiger partial charge is 0.330 e. The van der Waals surface area contributed by atoms with Crippen LogP contribution in [0.1, 0.15) is 32.0 Å². The van der Waals surface area contributed by atoms with Gasteiger partial charge in [0.2, 0.25) is 5.88 Å². The second kappa shape index (κ2) is 7.30. The van der Waals surface area contributed by atoms with E-state index in [9.17, 15) is 4.79 Å². The van der Waals surface area contributed by atoms with E-state index in [0.29, 0.717) is 5.88 Å². The fourth-order valence-corrected chi connectivity index (χ4v) is 2.45. The van der Waals surface area contributed by atoms with Gasteiger partial charge in [-0.2, -0.15) is 0 Å². The molecule has 0 spiro atoms. The van der Waals surface area contributed by atoms with Crippen molar-refractivity contribution < 1.29 is 14.3 Å². The number of rotatable bonds is 4. The molecule has 4 heteroatoms. The molecule has 1 aromatic carbocycles. The number of pyridine rings is 1. The molecular formula is C20H23NO3. The van der Waals surface area contributed by atoms with E-state index in [2.05, 4.69) is 25.8 Å². The van der Waals surface area contributed by atoms with Gasteiger partial charge >= 0.3 is 5.97 Å². The fraction of sp³-hybridized carbons (Fsp3) is 0.300. The van der Waals surface area contributed by atoms with E-state index in [1.807, 2.05) is 36.4 Å². The first kappa shape index (κ1) is 17.7. The molecule has 0 fully saturated rings. The van der Waals surface area contributed by atoms with E-state index < -0.39 is 5.97 Å². The maximum Gasteiger partial charge on any atom is 0.330 e. The minimum absolute atomic E-state index is 0.214. The third kappa shape index (κ3) is 4.02. The van der Waals surface area contributed by atoms with E-state index in [1.165, 1.54) is 13.2 Å². The minimum atomic E-state index is -0.398. The van der Waals surface area contributed by atoms with Crippen LogP contribution < -0.4 is 4.74 Å². The van der Waals surface area contributed by atoms with Crippen molar-refractivity contribution >= 4 is 12.0 Å². The lowest BCUT2D eigenvalue weighted by molar-refractivity contribution is -0.134. The first-order chi connectivity index (χ1) is 11.4. The summed E-state index contributed by atoms with van der Waals surface area (Å²) in [5, 5.41) is 0. The van der Waals surface area contributed by atoms with Crippen molar-refractivity contribution in [3.63, 3.8) is 0 Å². The Labute approximate surface area is 143 Å². The molecular weight excluding hydrogens is 302 g/mol. The molecule has 0 aliphatic carbocycles. The van der Waals surface area contributed by atoms with Gasteiger partial charge in [-0.15, -0.1) is 0 Å². The summed E-state index contributed by atoms with van der Waals surface area (Å²) in [5.74, 6) is 0.152. The van der Waals surface area contributed by atoms with Crippen molar-refractivity contribution in [3.8, 4) is 17.0 Å². The summed E-state index contributed by atoms with van der Waals surface area (Å²) in [6.07, 6.45) is 3.19. The van der Waals surface area contributed by atoms with Crippen LogP contribution in [-0.2, 0) is 14.9 Å². The maximum atomic E-state index is 11.6. The highest BCUT2D eigenvalue weighted by Crippen LogP contribution is 2.35. The van der Waals surface area contributed by atoms with Crippen LogP contribution in [0.15, 0.2) is 42.5 Å². The van der Waals surface area contributed by atoms with Crippen molar-refractivity contribution in [2.45, 2.75) is 26.2 Å². The second-order valence-corrected chi connectivity index (χ2v) is 6.45. The third-order valence-corrected chi connectivity index (χ3v) is 3.63. The Balaban J connectivity index is 2.75. The molecule has 0 saturated heterocycles. The zero-order valence-corrected chi connectivity index (χ0v) is 14.8. The van der Waals surface area contributed by atoms with Crippen LogP contribution in [0.4, 0.5) is 0 Å². The van der Waals surface area contributed by atoms with Crippen LogP contribution in [0.3, 0.4) is 0 Å². The van der Waals surface area contributed by atoms with Crippen LogP contribution in [0.25, 0.3) is 17.2 Å². The lowest BCUT2D eigenvalue weighted by Gasteiger charge is -2.23. The van der Waals surface area contributed by atoms with Gasteiger partial charge in [-0.1, -0.05) is 51.1 Å². The maximum absolute atomic E-state index is 11.6. The highest BCUT2D eigenvalue weighted by Gasteiger charge is 2.23. The van der Waals surface area contributed by atoms with Crippen LogP contribution in [0.5, 0.6) is 5.88 Å². The Morgan fingerprint density at radius 1 is 1.12 bits per heavy atom. The van der Waals surface area contributed by atoms with Crippen LogP contribution in [0.2, 0.25) is 0 Å². The Morgan fingerprint density at radius 2 is 1.79 bits per heavy atom. The number of aromatic nitrogens is 1. The van der Waals surface area contributed by atoms with E-state index in [1.54, 1.807) is 13.2 Å². The Hall–Kier alpha value is -2.62. The first-order valence-electron chi connectivity index (χ1n) is 7.77. The summed E-state index contributed by atoms with van der Waals surface area (Å²) >= 11 is 0. The third-order valence-electron chi connectivity index (χ3n) is 3.63. The average molecular weight is 325 g/mol. The zero-order chi connectivity index (χ0) is 17.7. The molecule has 0 bridgehead atoms. The number of hydrogen-bond acceptors (Lipinski definition) is 4. The molecule has 0 saturated carbocycles. The van der Waals surface area contributed by atoms with Gasteiger partial charge in [0, 0.05) is 23.1 Å². The molecule has 0 radical (unpaired) electrons. The van der Waals surface area contributed by atoms with Crippen LogP contribution in [-0.4, -0.2) is 25.2 Å². The molecule has 1 heterocycles. The van der Waals surface area contributed by atoms with Gasteiger partial charge in [-0.05, 0) is 17.2 Å². The van der Waals surface area contributed by atoms with Gasteiger partial charge in [-0.3, -0.25) is 0 Å². The molecule has 24 heavy (non-hydrogen) atoms. The SMILES string of the molecule is COC(=O)/C=C/c1c(-c2ccccc2)cc(OC)nc1C(C)(C)C. The molecule has 0 amide bonds. The predicted octanol–water partition coefficient (Wildman–Crippen LogP) is 4.24. The highest BCUT2D eigenvalue weighted by atomic mass is 16.5. The average Bonchev–Trinajstić information content (AvgIpc) is 2.58. The first-order valence-corrected chi connectivity index (χ1v) is 7.77. The van der Waals surface area contributed by atoms with Crippen LogP contribution >= 0.6 is 0 Å². The Morgan fingerprint density at radius 3 is 2.33 bits per heavy atom. The largest absolute Gasteiger partial charge is 0.481 e. The summed E-state index contributed by atoms with van der Waals surface area (Å²) in [7, 11) is 2.97. The number of carbonyl (C=O) groups excluding carboxylic acids is 1. The number of nitrogens with zero attached hydrogens (tertiary/aromatic N) is 1. The van der Waals surface area contributed by atoms with Crippen molar-refractivity contribution in [3.05, 3.63) is 53.7 Å². The number of carbonyl (C=O) groups is 1. The summed E-state index contributed by atoms with van der Waals surface area (Å²) in [6.45, 7) is 6.25. The van der Waals surface area contributed by atoms with Gasteiger partial charge in [0.25, 0.3) is 0 Å². The van der Waals surface area contributed by atoms with Crippen molar-refractivity contribution in [2.24, 2.45) is 0 Å². The number of ether oxygens (including phenoxy) is 2. The van der Waals surface area contributed by atoms with Gasteiger partial charge in [0.05, 0.1) is 19.9 Å². The lowest BCUT2D eigenvalue weighted by atomic mass is 9.85. The Bertz CT molecular complexity index is 743. The summed E-state index contributed by atoms with van der Waals surface area (Å²) < 4.78 is 10.1. The van der Waals surface area contributed by atoms with Gasteiger partial charge in [0.15, 0.2) is 0 Å². The topological polar surface area (TPSA) is 48.4 Å². The number of methoxy groups -OCH3 is 2. The van der Waals surface area contributed by atoms with Crippen LogP contribution in [0, 0.1) is 0 Å². The zero-order valence-electron chi connectivity index (χ0n) is 14.8. The van der Waals surface area contributed by atoms with Crippen molar-refractivity contribution in [2.75, 3.05) is 14.2 Å². The Kier molecular flexibility index (Phi) is 5.39. The quantitative estimate of drug-likeness (QED) is 0.623. The monoisotopic (exact) mass is 325 g/mol. The summed E-state index contributed by atoms with van der Waals surface area (Å²) in [4.78, 5) is 16.2. The van der Waals surface area contributed by atoms with E-state index >= 15 is 0 Å². The molecule has 0 N–H and O–H groups in total. The van der Waals surface area contributed by atoms with Gasteiger partial charge in [-0.25, -0.2) is 9.78 Å². The fourth-order valence-electron chi connectivity index (χ4n) is 2.45. The molecule has 2 aromatic rings. The number of hydrogen-bond donors (Lipinski definition) is 0. The minimum Gasteiger partial charge on any atom is -0.481 e. The molecule has 126 valence electrons. The van der Waals surface area contributed by atoms with Gasteiger partial charge in [0.1, 0.15) is 0 Å². The van der Waals surface area contributed by atoms with E-state index in [4.69, 9.17) is 9.47 Å². The molecule has 1 aromatic heterocycles. The van der Waals surface area contributed by atoms with E-state index in [-0.39, 0.29) is 5.41 Å².